The highest BCUT2D eigenvalue weighted by Crippen LogP contribution is 2.33. The molecule has 2 aliphatic rings. The van der Waals surface area contributed by atoms with E-state index in [-0.39, 0.29) is 24.0 Å². The topological polar surface area (TPSA) is 87.3 Å². The number of carbonyl (C=O) groups excluding carboxylic acids is 3. The summed E-state index contributed by atoms with van der Waals surface area (Å²) in [4.78, 5) is 33.2. The Morgan fingerprint density at radius 2 is 1.85 bits per heavy atom. The van der Waals surface area contributed by atoms with Crippen molar-refractivity contribution in [1.82, 2.24) is 16.0 Å². The van der Waals surface area contributed by atoms with E-state index in [1.807, 2.05) is 39.5 Å². The van der Waals surface area contributed by atoms with E-state index >= 15 is 0 Å². The highest BCUT2D eigenvalue weighted by molar-refractivity contribution is 8.00. The van der Waals surface area contributed by atoms with Gasteiger partial charge < -0.3 is 20.7 Å². The van der Waals surface area contributed by atoms with Crippen molar-refractivity contribution >= 4 is 30.0 Å². The summed E-state index contributed by atoms with van der Waals surface area (Å²) in [5.41, 5.74) is 0. The lowest BCUT2D eigenvalue weighted by Gasteiger charge is -2.16. The van der Waals surface area contributed by atoms with Crippen molar-refractivity contribution in [2.24, 2.45) is 0 Å². The van der Waals surface area contributed by atoms with Gasteiger partial charge in [-0.15, -0.1) is 0 Å². The molecule has 2 saturated heterocycles. The third-order valence-electron chi connectivity index (χ3n) is 4.40. The number of nitrogens with one attached hydrogen (secondary N) is 3. The Hall–Kier alpha value is -1.24. The summed E-state index contributed by atoms with van der Waals surface area (Å²) in [7, 11) is 0. The molecule has 6 nitrogen and oxygen atoms in total. The van der Waals surface area contributed by atoms with Crippen molar-refractivity contribution in [3.05, 3.63) is 0 Å². The maximum absolute atomic E-state index is 11.7. The number of rotatable bonds is 11. The third kappa shape index (κ3) is 10.6. The molecule has 158 valence electrons. The van der Waals surface area contributed by atoms with Crippen LogP contribution in [0.4, 0.5) is 4.79 Å². The van der Waals surface area contributed by atoms with E-state index in [0.717, 1.165) is 50.6 Å². The molecular formula is C20H39N3O3S. The minimum atomic E-state index is -0.0437. The lowest BCUT2D eigenvalue weighted by atomic mass is 10.0. The van der Waals surface area contributed by atoms with Crippen LogP contribution in [0.5, 0.6) is 0 Å². The van der Waals surface area contributed by atoms with Crippen LogP contribution in [0.25, 0.3) is 0 Å². The second-order valence-corrected chi connectivity index (χ2v) is 7.51. The summed E-state index contributed by atoms with van der Waals surface area (Å²) in [5, 5.41) is 9.34. The van der Waals surface area contributed by atoms with Gasteiger partial charge in [0.05, 0.1) is 12.1 Å². The van der Waals surface area contributed by atoms with Gasteiger partial charge in [0.2, 0.25) is 5.91 Å². The van der Waals surface area contributed by atoms with Gasteiger partial charge in [0.15, 0.2) is 0 Å². The van der Waals surface area contributed by atoms with Gasteiger partial charge in [0, 0.05) is 30.4 Å². The molecule has 0 aromatic heterocycles. The molecule has 2 aliphatic heterocycles. The number of carbonyl (C=O) groups is 3. The first-order valence-electron chi connectivity index (χ1n) is 10.6. The molecule has 0 saturated carbocycles. The number of urea groups is 1. The number of thioether (sulfide) groups is 1. The quantitative estimate of drug-likeness (QED) is 0.280. The molecule has 3 atom stereocenters. The van der Waals surface area contributed by atoms with Crippen molar-refractivity contribution in [1.29, 1.82) is 0 Å². The number of aldehydes is 1. The van der Waals surface area contributed by atoms with Crippen LogP contribution in [0.3, 0.4) is 0 Å². The molecule has 0 aliphatic carbocycles. The first-order valence-corrected chi connectivity index (χ1v) is 11.6. The van der Waals surface area contributed by atoms with Crippen LogP contribution in [-0.2, 0) is 9.59 Å². The zero-order valence-electron chi connectivity index (χ0n) is 17.5. The van der Waals surface area contributed by atoms with E-state index < -0.39 is 0 Å². The highest BCUT2D eigenvalue weighted by Gasteiger charge is 2.42. The van der Waals surface area contributed by atoms with Gasteiger partial charge in [-0.05, 0) is 25.7 Å². The van der Waals surface area contributed by atoms with Crippen LogP contribution in [-0.4, -0.2) is 47.9 Å². The van der Waals surface area contributed by atoms with Crippen LogP contribution >= 0.6 is 11.8 Å². The highest BCUT2D eigenvalue weighted by atomic mass is 32.2. The molecule has 2 heterocycles. The number of hydrogen-bond acceptors (Lipinski definition) is 4. The molecular weight excluding hydrogens is 362 g/mol. The fourth-order valence-corrected chi connectivity index (χ4v) is 4.66. The van der Waals surface area contributed by atoms with Gasteiger partial charge in [0.1, 0.15) is 6.29 Å². The number of unbranched alkanes of at least 4 members (excludes halogenated alkanes) is 4. The van der Waals surface area contributed by atoms with Crippen LogP contribution in [0.1, 0.15) is 79.1 Å². The average Bonchev–Trinajstić information content (AvgIpc) is 3.24. The van der Waals surface area contributed by atoms with E-state index in [1.165, 1.54) is 0 Å². The van der Waals surface area contributed by atoms with Crippen molar-refractivity contribution in [3.8, 4) is 0 Å². The molecule has 2 fully saturated rings. The maximum atomic E-state index is 11.7. The van der Waals surface area contributed by atoms with E-state index in [9.17, 15) is 14.4 Å². The Morgan fingerprint density at radius 3 is 2.56 bits per heavy atom. The van der Waals surface area contributed by atoms with Crippen LogP contribution in [0.2, 0.25) is 0 Å². The van der Waals surface area contributed by atoms with Gasteiger partial charge in [-0.1, -0.05) is 40.5 Å². The zero-order chi connectivity index (χ0) is 20.5. The van der Waals surface area contributed by atoms with Crippen molar-refractivity contribution in [2.45, 2.75) is 96.4 Å². The molecule has 0 aromatic rings. The van der Waals surface area contributed by atoms with Gasteiger partial charge >= 0.3 is 6.03 Å². The Bertz CT molecular complexity index is 421. The number of hydrogen-bond donors (Lipinski definition) is 3. The Morgan fingerprint density at radius 1 is 1.11 bits per heavy atom. The summed E-state index contributed by atoms with van der Waals surface area (Å²) < 4.78 is 0. The van der Waals surface area contributed by atoms with Crippen LogP contribution in [0, 0.1) is 0 Å². The molecule has 3 amide bonds. The third-order valence-corrected chi connectivity index (χ3v) is 5.91. The van der Waals surface area contributed by atoms with Crippen molar-refractivity contribution in [2.75, 3.05) is 12.3 Å². The molecule has 7 heteroatoms. The smallest absolute Gasteiger partial charge is 0.315 e. The summed E-state index contributed by atoms with van der Waals surface area (Å²) in [6, 6.07) is 0.491. The van der Waals surface area contributed by atoms with Crippen molar-refractivity contribution < 1.29 is 14.4 Å². The Balaban J connectivity index is 0.00000158. The Labute approximate surface area is 169 Å². The van der Waals surface area contributed by atoms with Crippen molar-refractivity contribution in [3.63, 3.8) is 0 Å². The standard InChI is InChI=1S/C16H27N3O3S.2C2H6/c20-10-6-2-1-5-9-17-14(21)8-4-3-7-13-15-12(11-23-13)18-16(22)19-15;2*1-2/h10,12-13,15H,1-9,11H2,(H,17,21)(H2,18,19,22);2*1-2H3/t12-,13-,15-;;/m0../s1. The van der Waals surface area contributed by atoms with E-state index in [0.29, 0.717) is 24.6 Å². The van der Waals surface area contributed by atoms with E-state index in [1.54, 1.807) is 0 Å². The number of amides is 3. The molecule has 0 unspecified atom stereocenters. The van der Waals surface area contributed by atoms with E-state index in [2.05, 4.69) is 16.0 Å². The summed E-state index contributed by atoms with van der Waals surface area (Å²) >= 11 is 1.92. The molecule has 0 bridgehead atoms. The molecule has 0 radical (unpaired) electrons. The molecule has 2 rings (SSSR count). The van der Waals surface area contributed by atoms with E-state index in [4.69, 9.17) is 0 Å². The minimum absolute atomic E-state index is 0.0437. The summed E-state index contributed by atoms with van der Waals surface area (Å²) in [6.45, 7) is 8.71. The Kier molecular flexibility index (Phi) is 16.1. The van der Waals surface area contributed by atoms with Gasteiger partial charge in [-0.2, -0.15) is 11.8 Å². The first kappa shape index (κ1) is 25.8. The molecule has 0 spiro atoms. The second-order valence-electron chi connectivity index (χ2n) is 6.23. The summed E-state index contributed by atoms with van der Waals surface area (Å²) in [6.07, 6.45) is 7.93. The largest absolute Gasteiger partial charge is 0.356 e. The number of fused-ring (bicyclic) bond motifs is 1. The fourth-order valence-electron chi connectivity index (χ4n) is 3.12. The normalized spacial score (nSPS) is 22.2. The molecule has 27 heavy (non-hydrogen) atoms. The van der Waals surface area contributed by atoms with Gasteiger partial charge in [-0.25, -0.2) is 4.79 Å². The first-order chi connectivity index (χ1) is 13.2. The van der Waals surface area contributed by atoms with Gasteiger partial charge in [0.25, 0.3) is 0 Å². The SMILES string of the molecule is CC.CC.O=CCCCCCNC(=O)CCCC[C@@H]1SC[C@@H]2NC(=O)N[C@@H]21. The predicted molar refractivity (Wildman–Crippen MR) is 114 cm³/mol. The minimum Gasteiger partial charge on any atom is -0.356 e. The average molecular weight is 402 g/mol. The second kappa shape index (κ2) is 16.9. The van der Waals surface area contributed by atoms with Gasteiger partial charge in [-0.3, -0.25) is 4.79 Å². The lowest BCUT2D eigenvalue weighted by Crippen LogP contribution is -2.36. The molecule has 3 N–H and O–H groups in total. The predicted octanol–water partition coefficient (Wildman–Crippen LogP) is 3.64. The van der Waals surface area contributed by atoms with Crippen LogP contribution in [0.15, 0.2) is 0 Å². The lowest BCUT2D eigenvalue weighted by molar-refractivity contribution is -0.121. The van der Waals surface area contributed by atoms with Crippen LogP contribution < -0.4 is 16.0 Å². The fraction of sp³-hybridized carbons (Fsp3) is 0.850. The summed E-state index contributed by atoms with van der Waals surface area (Å²) in [5.74, 6) is 1.10. The molecule has 0 aromatic carbocycles. The maximum Gasteiger partial charge on any atom is 0.315 e. The monoisotopic (exact) mass is 401 g/mol. The zero-order valence-corrected chi connectivity index (χ0v) is 18.3.